The van der Waals surface area contributed by atoms with Gasteiger partial charge in [0.2, 0.25) is 0 Å². The van der Waals surface area contributed by atoms with E-state index in [2.05, 4.69) is 31.2 Å². The van der Waals surface area contributed by atoms with Gasteiger partial charge < -0.3 is 11.1 Å². The number of aromatic nitrogens is 2. The summed E-state index contributed by atoms with van der Waals surface area (Å²) in [4.78, 5) is 34.6. The number of halogens is 4. The number of thiophene rings is 1. The first-order chi connectivity index (χ1) is 16.5. The zero-order chi connectivity index (χ0) is 25.5. The summed E-state index contributed by atoms with van der Waals surface area (Å²) < 4.78 is 39.1. The van der Waals surface area contributed by atoms with E-state index >= 15 is 0 Å². The van der Waals surface area contributed by atoms with E-state index in [4.69, 9.17) is 5.73 Å². The number of Topliss-reactive ketones (excluding diaryl/α,β-unsaturated/α-hetero) is 1. The van der Waals surface area contributed by atoms with Crippen LogP contribution in [0.2, 0.25) is 0 Å². The third-order valence-corrected chi connectivity index (χ3v) is 7.13. The van der Waals surface area contributed by atoms with E-state index < -0.39 is 17.6 Å². The molecule has 3 heterocycles. The van der Waals surface area contributed by atoms with Crippen LogP contribution in [0.5, 0.6) is 0 Å². The number of hydrogen-bond donors (Lipinski definition) is 2. The fourth-order valence-corrected chi connectivity index (χ4v) is 5.01. The van der Waals surface area contributed by atoms with Gasteiger partial charge in [-0.25, -0.2) is 9.97 Å². The zero-order valence-electron chi connectivity index (χ0n) is 18.5. The van der Waals surface area contributed by atoms with E-state index in [1.54, 1.807) is 31.2 Å². The van der Waals surface area contributed by atoms with Gasteiger partial charge in [0.15, 0.2) is 5.78 Å². The highest BCUT2D eigenvalue weighted by atomic mass is 79.9. The molecule has 3 N–H and O–H groups in total. The Bertz CT molecular complexity index is 1450. The summed E-state index contributed by atoms with van der Waals surface area (Å²) in [5.41, 5.74) is 8.27. The number of pyridine rings is 2. The van der Waals surface area contributed by atoms with Gasteiger partial charge in [-0.1, -0.05) is 28.1 Å². The lowest BCUT2D eigenvalue weighted by Gasteiger charge is -2.11. The highest BCUT2D eigenvalue weighted by molar-refractivity contribution is 9.10. The first kappa shape index (κ1) is 24.8. The number of nitrogens with two attached hydrogens (primary N) is 1. The van der Waals surface area contributed by atoms with Crippen molar-refractivity contribution in [3.05, 3.63) is 79.9 Å². The van der Waals surface area contributed by atoms with Gasteiger partial charge in [-0.05, 0) is 49.2 Å². The molecule has 35 heavy (non-hydrogen) atoms. The molecular formula is C24H18BrF3N4O2S. The van der Waals surface area contributed by atoms with Gasteiger partial charge in [-0.3, -0.25) is 9.59 Å². The van der Waals surface area contributed by atoms with Crippen LogP contribution in [-0.2, 0) is 12.6 Å². The van der Waals surface area contributed by atoms with Gasteiger partial charge in [0.05, 0.1) is 11.3 Å². The maximum Gasteiger partial charge on any atom is 0.417 e. The Labute approximate surface area is 210 Å². The van der Waals surface area contributed by atoms with E-state index in [-0.39, 0.29) is 28.6 Å². The largest absolute Gasteiger partial charge is 0.417 e. The molecule has 0 fully saturated rings. The number of carbonyl (C=O) groups excluding carboxylic acids is 2. The van der Waals surface area contributed by atoms with Crippen LogP contribution in [0.25, 0.3) is 10.2 Å². The minimum Gasteiger partial charge on any atom is -0.397 e. The molecule has 3 aromatic heterocycles. The van der Waals surface area contributed by atoms with E-state index in [1.165, 1.54) is 0 Å². The lowest BCUT2D eigenvalue weighted by Crippen LogP contribution is -2.14. The van der Waals surface area contributed by atoms with Gasteiger partial charge >= 0.3 is 6.18 Å². The van der Waals surface area contributed by atoms with Crippen LogP contribution in [0, 0.1) is 13.8 Å². The summed E-state index contributed by atoms with van der Waals surface area (Å²) in [7, 11) is 0. The number of carbonyl (C=O) groups is 2. The molecule has 0 atom stereocenters. The fourth-order valence-electron chi connectivity index (χ4n) is 3.65. The summed E-state index contributed by atoms with van der Waals surface area (Å²) >= 11 is 4.42. The molecule has 0 bridgehead atoms. The van der Waals surface area contributed by atoms with E-state index in [0.29, 0.717) is 27.7 Å². The molecule has 1 aromatic carbocycles. The van der Waals surface area contributed by atoms with Crippen molar-refractivity contribution < 1.29 is 22.8 Å². The number of nitrogens with zero attached hydrogens (tertiary/aromatic N) is 2. The Morgan fingerprint density at radius 1 is 1.11 bits per heavy atom. The summed E-state index contributed by atoms with van der Waals surface area (Å²) in [5, 5.41) is 3.05. The number of fused-ring (bicyclic) bond motifs is 1. The van der Waals surface area contributed by atoms with Crippen LogP contribution in [0.1, 0.15) is 42.4 Å². The van der Waals surface area contributed by atoms with Gasteiger partial charge in [0.1, 0.15) is 15.5 Å². The molecule has 4 rings (SSSR count). The SMILES string of the molecule is Cc1nc2sc(C(=O)Nc3ccc(C(F)(F)F)cn3)c(N)c2c(C)c1CC(=O)c1ccc(Br)cc1. The number of hydrogen-bond acceptors (Lipinski definition) is 6. The van der Waals surface area contributed by atoms with E-state index in [9.17, 15) is 22.8 Å². The van der Waals surface area contributed by atoms with Crippen molar-refractivity contribution in [1.82, 2.24) is 9.97 Å². The molecule has 6 nitrogen and oxygen atoms in total. The molecule has 4 aromatic rings. The van der Waals surface area contributed by atoms with E-state index in [1.807, 2.05) is 6.92 Å². The predicted molar refractivity (Wildman–Crippen MR) is 133 cm³/mol. The fraction of sp³-hybridized carbons (Fsp3) is 0.167. The maximum absolute atomic E-state index is 12.8. The Hall–Kier alpha value is -3.31. The number of alkyl halides is 3. The lowest BCUT2D eigenvalue weighted by atomic mass is 9.96. The Kier molecular flexibility index (Phi) is 6.65. The van der Waals surface area contributed by atoms with Crippen molar-refractivity contribution in [3.63, 3.8) is 0 Å². The molecule has 11 heteroatoms. The van der Waals surface area contributed by atoms with Crippen LogP contribution < -0.4 is 11.1 Å². The second-order valence-corrected chi connectivity index (χ2v) is 9.73. The summed E-state index contributed by atoms with van der Waals surface area (Å²) in [5.74, 6) is -0.728. The molecule has 0 aliphatic rings. The number of aryl methyl sites for hydroxylation is 2. The van der Waals surface area contributed by atoms with Crippen molar-refractivity contribution in [2.24, 2.45) is 0 Å². The molecule has 0 aliphatic heterocycles. The Morgan fingerprint density at radius 3 is 2.40 bits per heavy atom. The second kappa shape index (κ2) is 9.38. The highest BCUT2D eigenvalue weighted by Gasteiger charge is 2.31. The minimum atomic E-state index is -4.52. The number of amides is 1. The predicted octanol–water partition coefficient (Wildman–Crippen LogP) is 6.35. The molecule has 0 radical (unpaired) electrons. The van der Waals surface area contributed by atoms with Crippen LogP contribution in [0.3, 0.4) is 0 Å². The maximum atomic E-state index is 12.8. The number of benzene rings is 1. The Balaban J connectivity index is 1.63. The Morgan fingerprint density at radius 2 is 1.80 bits per heavy atom. The number of rotatable bonds is 5. The minimum absolute atomic E-state index is 0.0403. The van der Waals surface area contributed by atoms with Crippen molar-refractivity contribution in [2.75, 3.05) is 11.1 Å². The average Bonchev–Trinajstić information content (AvgIpc) is 3.12. The highest BCUT2D eigenvalue weighted by Crippen LogP contribution is 2.37. The normalized spacial score (nSPS) is 11.6. The number of anilines is 2. The van der Waals surface area contributed by atoms with Crippen LogP contribution in [-0.4, -0.2) is 21.7 Å². The first-order valence-electron chi connectivity index (χ1n) is 10.3. The van der Waals surface area contributed by atoms with Crippen molar-refractivity contribution >= 4 is 60.7 Å². The number of ketones is 1. The third kappa shape index (κ3) is 5.06. The average molecular weight is 563 g/mol. The molecule has 0 aliphatic carbocycles. The van der Waals surface area contributed by atoms with Crippen LogP contribution in [0.15, 0.2) is 47.1 Å². The third-order valence-electron chi connectivity index (χ3n) is 5.50. The van der Waals surface area contributed by atoms with Gasteiger partial charge in [0.25, 0.3) is 5.91 Å². The standard InChI is InChI=1S/C24H18BrF3N4O2S/c1-11-16(9-17(33)13-3-6-15(25)7-4-13)12(2)31-23-19(11)20(29)21(35-23)22(34)32-18-8-5-14(10-30-18)24(26,27)28/h3-8,10H,9,29H2,1-2H3,(H,30,32,34). The molecule has 0 spiro atoms. The topological polar surface area (TPSA) is 98.0 Å². The van der Waals surface area contributed by atoms with Crippen LogP contribution in [0.4, 0.5) is 24.7 Å². The summed E-state index contributed by atoms with van der Waals surface area (Å²) in [6.07, 6.45) is -3.76. The monoisotopic (exact) mass is 562 g/mol. The zero-order valence-corrected chi connectivity index (χ0v) is 20.9. The van der Waals surface area contributed by atoms with E-state index in [0.717, 1.165) is 39.1 Å². The number of nitrogen functional groups attached to an aromatic ring is 1. The summed E-state index contributed by atoms with van der Waals surface area (Å²) in [6, 6.07) is 8.97. The van der Waals surface area contributed by atoms with Gasteiger partial charge in [-0.2, -0.15) is 13.2 Å². The van der Waals surface area contributed by atoms with Crippen molar-refractivity contribution in [1.29, 1.82) is 0 Å². The molecule has 0 saturated carbocycles. The van der Waals surface area contributed by atoms with Crippen molar-refractivity contribution in [2.45, 2.75) is 26.4 Å². The smallest absolute Gasteiger partial charge is 0.397 e. The molecule has 180 valence electrons. The van der Waals surface area contributed by atoms with Crippen LogP contribution >= 0.6 is 27.3 Å². The van der Waals surface area contributed by atoms with Gasteiger partial charge in [-0.15, -0.1) is 11.3 Å². The first-order valence-corrected chi connectivity index (χ1v) is 11.9. The second-order valence-electron chi connectivity index (χ2n) is 7.82. The van der Waals surface area contributed by atoms with Crippen molar-refractivity contribution in [3.8, 4) is 0 Å². The summed E-state index contributed by atoms with van der Waals surface area (Å²) in [6.45, 7) is 3.61. The molecular weight excluding hydrogens is 545 g/mol. The van der Waals surface area contributed by atoms with Gasteiger partial charge in [0, 0.05) is 33.7 Å². The molecule has 0 unspecified atom stereocenters. The quantitative estimate of drug-likeness (QED) is 0.276. The molecule has 1 amide bonds. The number of nitrogens with one attached hydrogen (secondary N) is 1. The lowest BCUT2D eigenvalue weighted by molar-refractivity contribution is -0.137. The molecule has 0 saturated heterocycles.